The van der Waals surface area contributed by atoms with Crippen molar-refractivity contribution in [1.82, 2.24) is 0 Å². The van der Waals surface area contributed by atoms with Crippen molar-refractivity contribution in [3.05, 3.63) is 54.4 Å². The summed E-state index contributed by atoms with van der Waals surface area (Å²) >= 11 is 5.02. The van der Waals surface area contributed by atoms with E-state index in [9.17, 15) is 14.5 Å². The van der Waals surface area contributed by atoms with Gasteiger partial charge >= 0.3 is 0 Å². The minimum atomic E-state index is -0.624. The highest BCUT2D eigenvalue weighted by Gasteiger charge is 2.11. The first kappa shape index (κ1) is 14.0. The van der Waals surface area contributed by atoms with Crippen molar-refractivity contribution < 1.29 is 9.31 Å². The van der Waals surface area contributed by atoms with E-state index in [0.29, 0.717) is 6.54 Å². The summed E-state index contributed by atoms with van der Waals surface area (Å²) in [6, 6.07) is 5.54. The number of hydrogen-bond donors (Lipinski definition) is 1. The van der Waals surface area contributed by atoms with Crippen molar-refractivity contribution in [2.75, 3.05) is 5.32 Å². The lowest BCUT2D eigenvalue weighted by Crippen LogP contribution is -2.00. The van der Waals surface area contributed by atoms with Crippen LogP contribution in [0.4, 0.5) is 15.8 Å². The Kier molecular flexibility index (Phi) is 4.16. The first-order chi connectivity index (χ1) is 8.97. The van der Waals surface area contributed by atoms with E-state index < -0.39 is 10.7 Å². The van der Waals surface area contributed by atoms with Gasteiger partial charge in [0.1, 0.15) is 0 Å². The molecule has 7 heteroatoms. The fraction of sp³-hybridized carbons (Fsp3) is 0.167. The predicted molar refractivity (Wildman–Crippen MR) is 77.1 cm³/mol. The van der Waals surface area contributed by atoms with Gasteiger partial charge in [0.25, 0.3) is 5.69 Å². The Balaban J connectivity index is 2.09. The lowest BCUT2D eigenvalue weighted by Gasteiger charge is -2.05. The average Bonchev–Trinajstić information content (AvgIpc) is 2.67. The van der Waals surface area contributed by atoms with E-state index in [4.69, 9.17) is 0 Å². The Labute approximate surface area is 121 Å². The highest BCUT2D eigenvalue weighted by atomic mass is 79.9. The van der Waals surface area contributed by atoms with Gasteiger partial charge in [-0.3, -0.25) is 10.1 Å². The summed E-state index contributed by atoms with van der Waals surface area (Å²) in [6.07, 6.45) is 0. The molecule has 0 saturated carbocycles. The summed E-state index contributed by atoms with van der Waals surface area (Å²) in [5, 5.41) is 13.4. The summed E-state index contributed by atoms with van der Waals surface area (Å²) in [7, 11) is 0. The van der Waals surface area contributed by atoms with Gasteiger partial charge in [0.15, 0.2) is 5.82 Å². The SMILES string of the molecule is Cc1sc(CNc2ccc([N+](=O)[O-])cc2F)cc1Br. The van der Waals surface area contributed by atoms with Gasteiger partial charge < -0.3 is 5.32 Å². The number of rotatable bonds is 4. The van der Waals surface area contributed by atoms with E-state index in [1.807, 2.05) is 13.0 Å². The zero-order chi connectivity index (χ0) is 14.0. The number of hydrogen-bond acceptors (Lipinski definition) is 4. The fourth-order valence-electron chi connectivity index (χ4n) is 1.55. The number of aryl methyl sites for hydroxylation is 1. The summed E-state index contributed by atoms with van der Waals surface area (Å²) in [4.78, 5) is 12.1. The van der Waals surface area contributed by atoms with Crippen LogP contribution in [0.1, 0.15) is 9.75 Å². The van der Waals surface area contributed by atoms with E-state index in [1.165, 1.54) is 12.1 Å². The molecule has 0 fully saturated rings. The van der Waals surface area contributed by atoms with E-state index in [0.717, 1.165) is 20.3 Å². The molecule has 0 amide bonds. The number of halogens is 2. The monoisotopic (exact) mass is 344 g/mol. The Hall–Kier alpha value is -1.47. The van der Waals surface area contributed by atoms with Crippen LogP contribution in [-0.4, -0.2) is 4.92 Å². The van der Waals surface area contributed by atoms with Crippen LogP contribution < -0.4 is 5.32 Å². The highest BCUT2D eigenvalue weighted by molar-refractivity contribution is 9.10. The van der Waals surface area contributed by atoms with Gasteiger partial charge in [-0.25, -0.2) is 4.39 Å². The number of nitrogens with one attached hydrogen (secondary N) is 1. The molecule has 2 aromatic rings. The van der Waals surface area contributed by atoms with Crippen LogP contribution >= 0.6 is 27.3 Å². The molecular formula is C12H10BrFN2O2S. The lowest BCUT2D eigenvalue weighted by atomic mass is 10.2. The van der Waals surface area contributed by atoms with Crippen molar-refractivity contribution in [3.63, 3.8) is 0 Å². The minimum Gasteiger partial charge on any atom is -0.378 e. The lowest BCUT2D eigenvalue weighted by molar-refractivity contribution is -0.385. The van der Waals surface area contributed by atoms with E-state index in [2.05, 4.69) is 21.2 Å². The van der Waals surface area contributed by atoms with Gasteiger partial charge in [0.05, 0.1) is 16.7 Å². The minimum absolute atomic E-state index is 0.252. The van der Waals surface area contributed by atoms with Gasteiger partial charge in [-0.1, -0.05) is 0 Å². The Bertz CT molecular complexity index is 611. The molecule has 19 heavy (non-hydrogen) atoms. The van der Waals surface area contributed by atoms with Crippen molar-refractivity contribution >= 4 is 38.6 Å². The standard InChI is InChI=1S/C12H10BrFN2O2S/c1-7-10(13)5-9(19-7)6-15-12-3-2-8(16(17)18)4-11(12)14/h2-5,15H,6H2,1H3. The smallest absolute Gasteiger partial charge is 0.272 e. The maximum atomic E-state index is 13.6. The van der Waals surface area contributed by atoms with E-state index in [1.54, 1.807) is 11.3 Å². The van der Waals surface area contributed by atoms with E-state index >= 15 is 0 Å². The molecule has 0 aliphatic carbocycles. The second-order valence-electron chi connectivity index (χ2n) is 3.89. The van der Waals surface area contributed by atoms with Gasteiger partial charge in [0.2, 0.25) is 0 Å². The molecular weight excluding hydrogens is 335 g/mol. The molecule has 1 heterocycles. The quantitative estimate of drug-likeness (QED) is 0.657. The number of thiophene rings is 1. The molecule has 2 rings (SSSR count). The maximum Gasteiger partial charge on any atom is 0.272 e. The molecule has 4 nitrogen and oxygen atoms in total. The van der Waals surface area contributed by atoms with Crippen LogP contribution in [0.2, 0.25) is 0 Å². The average molecular weight is 345 g/mol. The number of nitro benzene ring substituents is 1. The molecule has 0 aliphatic heterocycles. The number of benzene rings is 1. The zero-order valence-electron chi connectivity index (χ0n) is 9.94. The first-order valence-electron chi connectivity index (χ1n) is 5.40. The Morgan fingerprint density at radius 3 is 2.74 bits per heavy atom. The Morgan fingerprint density at radius 2 is 2.21 bits per heavy atom. The normalized spacial score (nSPS) is 10.5. The maximum absolute atomic E-state index is 13.6. The second kappa shape index (κ2) is 5.66. The third-order valence-electron chi connectivity index (χ3n) is 2.52. The molecule has 0 atom stereocenters. The third-order valence-corrected chi connectivity index (χ3v) is 4.66. The summed E-state index contributed by atoms with van der Waals surface area (Å²) in [5.41, 5.74) is 0.00513. The molecule has 0 radical (unpaired) electrons. The third kappa shape index (κ3) is 3.30. The molecule has 100 valence electrons. The largest absolute Gasteiger partial charge is 0.378 e. The molecule has 0 unspecified atom stereocenters. The van der Waals surface area contributed by atoms with Crippen LogP contribution in [0.25, 0.3) is 0 Å². The summed E-state index contributed by atoms with van der Waals surface area (Å²) < 4.78 is 14.7. The first-order valence-corrected chi connectivity index (χ1v) is 7.01. The van der Waals surface area contributed by atoms with Gasteiger partial charge in [-0.05, 0) is 35.0 Å². The summed E-state index contributed by atoms with van der Waals surface area (Å²) in [6.45, 7) is 2.47. The topological polar surface area (TPSA) is 55.2 Å². The number of nitro groups is 1. The predicted octanol–water partition coefficient (Wildman–Crippen LogP) is 4.48. The molecule has 0 bridgehead atoms. The van der Waals surface area contributed by atoms with Crippen molar-refractivity contribution in [3.8, 4) is 0 Å². The highest BCUT2D eigenvalue weighted by Crippen LogP contribution is 2.27. The van der Waals surface area contributed by atoms with Crippen LogP contribution in [0, 0.1) is 22.9 Å². The van der Waals surface area contributed by atoms with Crippen LogP contribution in [0.15, 0.2) is 28.7 Å². The van der Waals surface area contributed by atoms with Crippen molar-refractivity contribution in [1.29, 1.82) is 0 Å². The van der Waals surface area contributed by atoms with Crippen LogP contribution in [0.3, 0.4) is 0 Å². The molecule has 1 N–H and O–H groups in total. The van der Waals surface area contributed by atoms with Crippen LogP contribution in [0.5, 0.6) is 0 Å². The number of non-ortho nitro benzene ring substituents is 1. The van der Waals surface area contributed by atoms with Crippen LogP contribution in [-0.2, 0) is 6.54 Å². The fourth-order valence-corrected chi connectivity index (χ4v) is 3.09. The molecule has 0 spiro atoms. The van der Waals surface area contributed by atoms with Gasteiger partial charge in [0, 0.05) is 26.8 Å². The Morgan fingerprint density at radius 1 is 1.47 bits per heavy atom. The molecule has 1 aromatic carbocycles. The van der Waals surface area contributed by atoms with Crippen molar-refractivity contribution in [2.24, 2.45) is 0 Å². The molecule has 1 aromatic heterocycles. The van der Waals surface area contributed by atoms with E-state index in [-0.39, 0.29) is 11.4 Å². The summed E-state index contributed by atoms with van der Waals surface area (Å²) in [5.74, 6) is -0.624. The second-order valence-corrected chi connectivity index (χ2v) is 6.09. The zero-order valence-corrected chi connectivity index (χ0v) is 12.3. The number of nitrogens with zero attached hydrogens (tertiary/aromatic N) is 1. The molecule has 0 saturated heterocycles. The number of anilines is 1. The van der Waals surface area contributed by atoms with Gasteiger partial charge in [-0.2, -0.15) is 0 Å². The van der Waals surface area contributed by atoms with Crippen molar-refractivity contribution in [2.45, 2.75) is 13.5 Å². The van der Waals surface area contributed by atoms with Gasteiger partial charge in [-0.15, -0.1) is 11.3 Å². The molecule has 0 aliphatic rings.